The molecule has 0 atom stereocenters. The molecule has 2 aliphatic heterocycles. The Kier molecular flexibility index (Phi) is 5.15. The fraction of sp³-hybridized carbons (Fsp3) is 0.100. The molecule has 1 N–H and O–H groups in total. The van der Waals surface area contributed by atoms with E-state index in [1.807, 2.05) is 0 Å². The Bertz CT molecular complexity index is 1170. The van der Waals surface area contributed by atoms with Gasteiger partial charge < -0.3 is 14.3 Å². The van der Waals surface area contributed by atoms with Crippen LogP contribution in [0.25, 0.3) is 6.08 Å². The van der Waals surface area contributed by atoms with Crippen molar-refractivity contribution in [3.63, 3.8) is 0 Å². The molecule has 0 spiro atoms. The first-order valence-corrected chi connectivity index (χ1v) is 9.86. The zero-order valence-electron chi connectivity index (χ0n) is 15.8. The van der Waals surface area contributed by atoms with E-state index in [2.05, 4.69) is 4.99 Å². The van der Waals surface area contributed by atoms with Crippen LogP contribution in [-0.2, 0) is 9.63 Å². The number of benzene rings is 1. The highest BCUT2D eigenvalue weighted by atomic mass is 35.5. The highest BCUT2D eigenvalue weighted by Crippen LogP contribution is 2.38. The maximum Gasteiger partial charge on any atom is 0.353 e. The van der Waals surface area contributed by atoms with E-state index < -0.39 is 11.9 Å². The molecule has 4 rings (SSSR count). The summed E-state index contributed by atoms with van der Waals surface area (Å²) >= 11 is 7.57. The van der Waals surface area contributed by atoms with Crippen molar-refractivity contribution < 1.29 is 23.9 Å². The number of carbonyl (C=O) groups excluding carboxylic acids is 2. The van der Waals surface area contributed by atoms with Crippen molar-refractivity contribution in [2.45, 2.75) is 6.92 Å². The Morgan fingerprint density at radius 3 is 2.90 bits per heavy atom. The molecule has 2 aromatic rings. The van der Waals surface area contributed by atoms with Gasteiger partial charge in [-0.15, -0.1) is 16.4 Å². The van der Waals surface area contributed by atoms with E-state index in [4.69, 9.17) is 31.3 Å². The molecule has 0 fully saturated rings. The Labute approximate surface area is 180 Å². The standard InChI is InChI=1S/C20H14ClN3O5S/c1-10-6-16-23-19(25)12(18(22)24(16)29-10)7-11-8-13(21)17(14(9-11)27-2)28-20(26)15-4-3-5-30-15/h3-9,22H,1-2H3/b12-7-,22-18?. The molecule has 0 saturated heterocycles. The number of thiophene rings is 1. The summed E-state index contributed by atoms with van der Waals surface area (Å²) in [7, 11) is 1.40. The lowest BCUT2D eigenvalue weighted by Gasteiger charge is -2.23. The number of esters is 1. The maximum atomic E-state index is 12.4. The quantitative estimate of drug-likeness (QED) is 0.434. The normalized spacial score (nSPS) is 16.8. The minimum Gasteiger partial charge on any atom is -0.493 e. The molecule has 8 nitrogen and oxygen atoms in total. The van der Waals surface area contributed by atoms with Crippen LogP contribution in [0.4, 0.5) is 0 Å². The first-order valence-electron chi connectivity index (χ1n) is 8.60. The van der Waals surface area contributed by atoms with E-state index in [1.54, 1.807) is 36.6 Å². The molecule has 0 bridgehead atoms. The van der Waals surface area contributed by atoms with Crippen LogP contribution in [0.1, 0.15) is 22.2 Å². The summed E-state index contributed by atoms with van der Waals surface area (Å²) in [5.74, 6) is -0.247. The number of methoxy groups -OCH3 is 1. The Balaban J connectivity index is 1.66. The van der Waals surface area contributed by atoms with Crippen LogP contribution in [-0.4, -0.2) is 35.7 Å². The van der Waals surface area contributed by atoms with Gasteiger partial charge >= 0.3 is 5.97 Å². The van der Waals surface area contributed by atoms with Gasteiger partial charge in [0.2, 0.25) is 0 Å². The summed E-state index contributed by atoms with van der Waals surface area (Å²) in [6.07, 6.45) is 3.01. The monoisotopic (exact) mass is 443 g/mol. The molecule has 3 heterocycles. The van der Waals surface area contributed by atoms with Crippen molar-refractivity contribution in [2.24, 2.45) is 4.99 Å². The fourth-order valence-corrected chi connectivity index (χ4v) is 3.68. The van der Waals surface area contributed by atoms with E-state index >= 15 is 0 Å². The van der Waals surface area contributed by atoms with Gasteiger partial charge in [-0.3, -0.25) is 10.2 Å². The van der Waals surface area contributed by atoms with E-state index in [0.29, 0.717) is 16.2 Å². The molecule has 2 aliphatic rings. The van der Waals surface area contributed by atoms with Crippen molar-refractivity contribution in [3.8, 4) is 11.5 Å². The number of fused-ring (bicyclic) bond motifs is 1. The molecule has 0 radical (unpaired) electrons. The van der Waals surface area contributed by atoms with Crippen LogP contribution in [0, 0.1) is 5.41 Å². The van der Waals surface area contributed by atoms with Gasteiger partial charge in [0.25, 0.3) is 5.91 Å². The molecular weight excluding hydrogens is 430 g/mol. The molecule has 152 valence electrons. The summed E-state index contributed by atoms with van der Waals surface area (Å²) in [6.45, 7) is 1.70. The molecule has 30 heavy (non-hydrogen) atoms. The second-order valence-electron chi connectivity index (χ2n) is 6.22. The van der Waals surface area contributed by atoms with Crippen LogP contribution in [0.3, 0.4) is 0 Å². The van der Waals surface area contributed by atoms with Gasteiger partial charge in [0, 0.05) is 6.08 Å². The molecule has 10 heteroatoms. The predicted molar refractivity (Wildman–Crippen MR) is 112 cm³/mol. The SMILES string of the molecule is COc1cc(/C=C2/C(=N)N3OC(C)=CC3=NC2=O)cc(Cl)c1OC(=O)c1cccs1. The first-order chi connectivity index (χ1) is 14.4. The van der Waals surface area contributed by atoms with Gasteiger partial charge in [0.15, 0.2) is 23.2 Å². The summed E-state index contributed by atoms with van der Waals surface area (Å²) in [4.78, 5) is 34.4. The number of carbonyl (C=O) groups is 2. The molecule has 1 aromatic carbocycles. The molecule has 1 aromatic heterocycles. The third kappa shape index (κ3) is 3.60. The number of nitrogens with one attached hydrogen (secondary N) is 1. The van der Waals surface area contributed by atoms with E-state index in [1.165, 1.54) is 35.7 Å². The lowest BCUT2D eigenvalue weighted by Crippen LogP contribution is -2.38. The first kappa shape index (κ1) is 19.9. The van der Waals surface area contributed by atoms with Gasteiger partial charge in [0.1, 0.15) is 10.6 Å². The fourth-order valence-electron chi connectivity index (χ4n) is 2.83. The van der Waals surface area contributed by atoms with Crippen LogP contribution in [0.2, 0.25) is 5.02 Å². The Morgan fingerprint density at radius 2 is 2.20 bits per heavy atom. The third-order valence-electron chi connectivity index (χ3n) is 4.16. The molecule has 0 saturated carbocycles. The van der Waals surface area contributed by atoms with Crippen LogP contribution in [0.15, 0.2) is 52.0 Å². The summed E-state index contributed by atoms with van der Waals surface area (Å²) in [5, 5.41) is 11.3. The minimum absolute atomic E-state index is 0.0169. The van der Waals surface area contributed by atoms with E-state index in [-0.39, 0.29) is 33.8 Å². The van der Waals surface area contributed by atoms with E-state index in [0.717, 1.165) is 0 Å². The molecule has 0 aliphatic carbocycles. The number of amides is 1. The van der Waals surface area contributed by atoms with Gasteiger partial charge in [-0.2, -0.15) is 4.99 Å². The molecule has 1 amide bonds. The summed E-state index contributed by atoms with van der Waals surface area (Å²) in [5.41, 5.74) is 0.478. The number of aliphatic imine (C=N–C) groups is 1. The van der Waals surface area contributed by atoms with Crippen molar-refractivity contribution in [1.29, 1.82) is 5.41 Å². The number of allylic oxidation sites excluding steroid dienone is 1. The summed E-state index contributed by atoms with van der Waals surface area (Å²) in [6, 6.07) is 6.42. The van der Waals surface area contributed by atoms with Crippen molar-refractivity contribution >= 4 is 52.6 Å². The number of ether oxygens (including phenoxy) is 2. The summed E-state index contributed by atoms with van der Waals surface area (Å²) < 4.78 is 10.7. The van der Waals surface area contributed by atoms with Gasteiger partial charge in [0.05, 0.1) is 17.7 Å². The number of nitrogens with zero attached hydrogens (tertiary/aromatic N) is 2. The number of hydrogen-bond acceptors (Lipinski definition) is 7. The number of amidine groups is 2. The number of hydroxylamine groups is 2. The van der Waals surface area contributed by atoms with Crippen molar-refractivity contribution in [2.75, 3.05) is 7.11 Å². The van der Waals surface area contributed by atoms with Crippen LogP contribution >= 0.6 is 22.9 Å². The van der Waals surface area contributed by atoms with Gasteiger partial charge in [-0.1, -0.05) is 17.7 Å². The Morgan fingerprint density at radius 1 is 1.40 bits per heavy atom. The average molecular weight is 444 g/mol. The topological polar surface area (TPSA) is 101 Å². The largest absolute Gasteiger partial charge is 0.493 e. The van der Waals surface area contributed by atoms with Gasteiger partial charge in [-0.05, 0) is 42.1 Å². The van der Waals surface area contributed by atoms with Crippen LogP contribution < -0.4 is 9.47 Å². The average Bonchev–Trinajstić information content (AvgIpc) is 3.36. The maximum absolute atomic E-state index is 12.4. The molecule has 0 unspecified atom stereocenters. The molecular formula is C20H14ClN3O5S. The smallest absolute Gasteiger partial charge is 0.353 e. The predicted octanol–water partition coefficient (Wildman–Crippen LogP) is 4.08. The highest BCUT2D eigenvalue weighted by Gasteiger charge is 2.34. The third-order valence-corrected chi connectivity index (χ3v) is 5.29. The lowest BCUT2D eigenvalue weighted by atomic mass is 10.1. The number of hydrogen-bond donors (Lipinski definition) is 1. The van der Waals surface area contributed by atoms with Gasteiger partial charge in [-0.25, -0.2) is 4.79 Å². The number of rotatable bonds is 4. The zero-order chi connectivity index (χ0) is 21.4. The van der Waals surface area contributed by atoms with E-state index in [9.17, 15) is 9.59 Å². The number of halogens is 1. The second kappa shape index (κ2) is 7.77. The lowest BCUT2D eigenvalue weighted by molar-refractivity contribution is -0.114. The Hall–Kier alpha value is -3.43. The van der Waals surface area contributed by atoms with Crippen molar-refractivity contribution in [3.05, 3.63) is 62.5 Å². The van der Waals surface area contributed by atoms with Crippen molar-refractivity contribution in [1.82, 2.24) is 5.06 Å². The van der Waals surface area contributed by atoms with Crippen LogP contribution in [0.5, 0.6) is 11.5 Å². The second-order valence-corrected chi connectivity index (χ2v) is 7.58. The highest BCUT2D eigenvalue weighted by molar-refractivity contribution is 7.12. The zero-order valence-corrected chi connectivity index (χ0v) is 17.3. The minimum atomic E-state index is -0.580.